The van der Waals surface area contributed by atoms with Gasteiger partial charge in [-0.2, -0.15) is 5.10 Å². The number of anilines is 1. The molecule has 0 saturated heterocycles. The first-order valence-electron chi connectivity index (χ1n) is 8.18. The second-order valence-corrected chi connectivity index (χ2v) is 6.58. The zero-order chi connectivity index (χ0) is 18.3. The molecule has 0 aliphatic heterocycles. The number of hydrogen-bond acceptors (Lipinski definition) is 3. The molecule has 130 valence electrons. The number of aromatic nitrogens is 3. The highest BCUT2D eigenvalue weighted by Crippen LogP contribution is 2.33. The summed E-state index contributed by atoms with van der Waals surface area (Å²) in [4.78, 5) is 15.5. The first-order valence-corrected chi connectivity index (χ1v) is 8.18. The number of amides is 1. The van der Waals surface area contributed by atoms with Gasteiger partial charge in [-0.05, 0) is 47.7 Å². The summed E-state index contributed by atoms with van der Waals surface area (Å²) in [5.41, 5.74) is 3.85. The number of aryl methyl sites for hydroxylation is 2. The zero-order valence-electron chi connectivity index (χ0n) is 15.0. The lowest BCUT2D eigenvalue weighted by Gasteiger charge is -2.10. The Labute approximate surface area is 145 Å². The van der Waals surface area contributed by atoms with Crippen LogP contribution in [-0.2, 0) is 11.8 Å². The van der Waals surface area contributed by atoms with Gasteiger partial charge >= 0.3 is 0 Å². The fourth-order valence-corrected chi connectivity index (χ4v) is 3.20. The zero-order valence-corrected chi connectivity index (χ0v) is 15.0. The molecule has 0 unspecified atom stereocenters. The van der Waals surface area contributed by atoms with Crippen molar-refractivity contribution in [3.63, 3.8) is 0 Å². The molecule has 1 amide bonds. The van der Waals surface area contributed by atoms with Gasteiger partial charge in [0.25, 0.3) is 0 Å². The van der Waals surface area contributed by atoms with Crippen molar-refractivity contribution < 1.29 is 9.18 Å². The lowest BCUT2D eigenvalue weighted by Crippen LogP contribution is -2.07. The molecule has 2 aromatic heterocycles. The van der Waals surface area contributed by atoms with E-state index in [9.17, 15) is 9.18 Å². The summed E-state index contributed by atoms with van der Waals surface area (Å²) < 4.78 is 16.4. The van der Waals surface area contributed by atoms with E-state index in [1.165, 1.54) is 13.0 Å². The van der Waals surface area contributed by atoms with Crippen LogP contribution in [0.25, 0.3) is 22.0 Å². The third-order valence-corrected chi connectivity index (χ3v) is 4.20. The predicted molar refractivity (Wildman–Crippen MR) is 97.0 cm³/mol. The summed E-state index contributed by atoms with van der Waals surface area (Å²) in [5, 5.41) is 7.80. The van der Waals surface area contributed by atoms with Gasteiger partial charge < -0.3 is 5.32 Å². The Kier molecular flexibility index (Phi) is 4.29. The number of carbonyl (C=O) groups is 1. The average Bonchev–Trinajstić information content (AvgIpc) is 2.85. The summed E-state index contributed by atoms with van der Waals surface area (Å²) >= 11 is 0. The van der Waals surface area contributed by atoms with Crippen LogP contribution in [-0.4, -0.2) is 20.7 Å². The first-order chi connectivity index (χ1) is 11.8. The molecule has 2 heterocycles. The standard InChI is InChI=1S/C19H21FN4O/c1-10(2)19-15-6-13(7-16(20)18(15)23-24(19)5)14-8-17(22-12(4)25)21-9-11(14)3/h6-10H,1-5H3,(H,21,22,25). The molecule has 1 N–H and O–H groups in total. The van der Waals surface area contributed by atoms with Crippen LogP contribution >= 0.6 is 0 Å². The summed E-state index contributed by atoms with van der Waals surface area (Å²) in [6.07, 6.45) is 1.68. The molecule has 0 aliphatic carbocycles. The van der Waals surface area contributed by atoms with Gasteiger partial charge in [0.15, 0.2) is 5.82 Å². The molecule has 6 heteroatoms. The molecule has 0 aliphatic rings. The Morgan fingerprint density at radius 3 is 2.64 bits per heavy atom. The minimum Gasteiger partial charge on any atom is -0.311 e. The Balaban J connectivity index is 2.22. The topological polar surface area (TPSA) is 59.8 Å². The average molecular weight is 340 g/mol. The Morgan fingerprint density at radius 2 is 2.00 bits per heavy atom. The van der Waals surface area contributed by atoms with Crippen LogP contribution in [0.3, 0.4) is 0 Å². The smallest absolute Gasteiger partial charge is 0.222 e. The molecular weight excluding hydrogens is 319 g/mol. The molecular formula is C19H21FN4O. The lowest BCUT2D eigenvalue weighted by molar-refractivity contribution is -0.114. The lowest BCUT2D eigenvalue weighted by atomic mass is 9.98. The molecule has 0 fully saturated rings. The Hall–Kier alpha value is -2.76. The van der Waals surface area contributed by atoms with E-state index in [2.05, 4.69) is 29.2 Å². The van der Waals surface area contributed by atoms with E-state index < -0.39 is 0 Å². The summed E-state index contributed by atoms with van der Waals surface area (Å²) in [6.45, 7) is 7.47. The highest BCUT2D eigenvalue weighted by atomic mass is 19.1. The number of hydrogen-bond donors (Lipinski definition) is 1. The number of carbonyl (C=O) groups excluding carboxylic acids is 1. The maximum absolute atomic E-state index is 14.7. The van der Waals surface area contributed by atoms with E-state index in [-0.39, 0.29) is 17.6 Å². The third kappa shape index (κ3) is 3.12. The van der Waals surface area contributed by atoms with Crippen LogP contribution < -0.4 is 5.32 Å². The third-order valence-electron chi connectivity index (χ3n) is 4.20. The van der Waals surface area contributed by atoms with Crippen LogP contribution in [0.4, 0.5) is 10.2 Å². The van der Waals surface area contributed by atoms with Gasteiger partial charge in [-0.15, -0.1) is 0 Å². The maximum atomic E-state index is 14.7. The van der Waals surface area contributed by atoms with E-state index in [0.29, 0.717) is 11.3 Å². The van der Waals surface area contributed by atoms with E-state index in [1.54, 1.807) is 16.9 Å². The molecule has 0 saturated carbocycles. The molecule has 0 spiro atoms. The largest absolute Gasteiger partial charge is 0.311 e. The highest BCUT2D eigenvalue weighted by Gasteiger charge is 2.18. The molecule has 1 aromatic carbocycles. The number of fused-ring (bicyclic) bond motifs is 1. The van der Waals surface area contributed by atoms with Crippen LogP contribution in [0, 0.1) is 12.7 Å². The number of nitrogens with zero attached hydrogens (tertiary/aromatic N) is 3. The molecule has 5 nitrogen and oxygen atoms in total. The van der Waals surface area contributed by atoms with Gasteiger partial charge in [0.05, 0.1) is 0 Å². The van der Waals surface area contributed by atoms with Gasteiger partial charge in [0.2, 0.25) is 5.91 Å². The van der Waals surface area contributed by atoms with E-state index in [0.717, 1.165) is 27.8 Å². The monoisotopic (exact) mass is 340 g/mol. The molecule has 25 heavy (non-hydrogen) atoms. The maximum Gasteiger partial charge on any atom is 0.222 e. The van der Waals surface area contributed by atoms with Crippen molar-refractivity contribution in [2.24, 2.45) is 7.05 Å². The number of rotatable bonds is 3. The number of nitrogens with one attached hydrogen (secondary N) is 1. The van der Waals surface area contributed by atoms with Gasteiger partial charge in [0.1, 0.15) is 11.3 Å². The minimum atomic E-state index is -0.354. The predicted octanol–water partition coefficient (Wildman–Crippen LogP) is 4.16. The molecule has 0 bridgehead atoms. The fourth-order valence-electron chi connectivity index (χ4n) is 3.20. The SMILES string of the molecule is CC(=O)Nc1cc(-c2cc(F)c3nn(C)c(C(C)C)c3c2)c(C)cn1. The summed E-state index contributed by atoms with van der Waals surface area (Å²) in [5.74, 6) is 0.118. The Bertz CT molecular complexity index is 975. The normalized spacial score (nSPS) is 11.3. The summed E-state index contributed by atoms with van der Waals surface area (Å²) in [6, 6.07) is 5.21. The van der Waals surface area contributed by atoms with Gasteiger partial charge in [-0.3, -0.25) is 9.48 Å². The molecule has 3 aromatic rings. The molecule has 3 rings (SSSR count). The highest BCUT2D eigenvalue weighted by molar-refractivity contribution is 5.90. The van der Waals surface area contributed by atoms with Crippen LogP contribution in [0.2, 0.25) is 0 Å². The number of pyridine rings is 1. The van der Waals surface area contributed by atoms with Crippen molar-refractivity contribution in [1.82, 2.24) is 14.8 Å². The number of benzene rings is 1. The van der Waals surface area contributed by atoms with Crippen molar-refractivity contribution in [3.05, 3.63) is 41.5 Å². The van der Waals surface area contributed by atoms with Gasteiger partial charge in [-0.25, -0.2) is 9.37 Å². The van der Waals surface area contributed by atoms with E-state index >= 15 is 0 Å². The van der Waals surface area contributed by atoms with Crippen molar-refractivity contribution >= 4 is 22.6 Å². The van der Waals surface area contributed by atoms with Crippen molar-refractivity contribution in [3.8, 4) is 11.1 Å². The molecule has 0 atom stereocenters. The van der Waals surface area contributed by atoms with Crippen LogP contribution in [0.5, 0.6) is 0 Å². The first kappa shape index (κ1) is 17.1. The summed E-state index contributed by atoms with van der Waals surface area (Å²) in [7, 11) is 1.83. The minimum absolute atomic E-state index is 0.196. The van der Waals surface area contributed by atoms with Gasteiger partial charge in [-0.1, -0.05) is 13.8 Å². The van der Waals surface area contributed by atoms with Crippen molar-refractivity contribution in [1.29, 1.82) is 0 Å². The van der Waals surface area contributed by atoms with Crippen molar-refractivity contribution in [2.75, 3.05) is 5.32 Å². The van der Waals surface area contributed by atoms with E-state index in [1.807, 2.05) is 20.0 Å². The second kappa shape index (κ2) is 6.27. The van der Waals surface area contributed by atoms with Crippen LogP contribution in [0.15, 0.2) is 24.4 Å². The molecule has 0 radical (unpaired) electrons. The van der Waals surface area contributed by atoms with Crippen LogP contribution in [0.1, 0.15) is 37.9 Å². The second-order valence-electron chi connectivity index (χ2n) is 6.58. The van der Waals surface area contributed by atoms with Crippen molar-refractivity contribution in [2.45, 2.75) is 33.6 Å². The quantitative estimate of drug-likeness (QED) is 0.778. The fraction of sp³-hybridized carbons (Fsp3) is 0.316. The Morgan fingerprint density at radius 1 is 1.28 bits per heavy atom. The van der Waals surface area contributed by atoms with E-state index in [4.69, 9.17) is 0 Å². The number of halogens is 1. The van der Waals surface area contributed by atoms with Gasteiger partial charge in [0, 0.05) is 31.2 Å².